The largest absolute Gasteiger partial charge is 0.490 e. The van der Waals surface area contributed by atoms with E-state index >= 15 is 0 Å². The lowest BCUT2D eigenvalue weighted by atomic mass is 9.86. The average molecular weight is 433 g/mol. The van der Waals surface area contributed by atoms with Gasteiger partial charge in [-0.2, -0.15) is 5.10 Å². The van der Waals surface area contributed by atoms with Gasteiger partial charge in [-0.05, 0) is 42.0 Å². The van der Waals surface area contributed by atoms with Gasteiger partial charge in [-0.1, -0.05) is 40.5 Å². The third-order valence-electron chi connectivity index (χ3n) is 4.64. The fourth-order valence-electron chi connectivity index (χ4n) is 3.11. The van der Waals surface area contributed by atoms with Gasteiger partial charge in [-0.3, -0.25) is 0 Å². The Morgan fingerprint density at radius 2 is 1.79 bits per heavy atom. The maximum absolute atomic E-state index is 11.6. The molecule has 3 aromatic rings. The molecule has 1 N–H and O–H groups in total. The topological polar surface area (TPSA) is 81.8 Å². The first-order valence-corrected chi connectivity index (χ1v) is 9.71. The van der Waals surface area contributed by atoms with E-state index in [4.69, 9.17) is 32.8 Å². The van der Waals surface area contributed by atoms with Gasteiger partial charge in [0.1, 0.15) is 25.0 Å². The highest BCUT2D eigenvalue weighted by atomic mass is 35.5. The zero-order chi connectivity index (χ0) is 20.3. The summed E-state index contributed by atoms with van der Waals surface area (Å²) in [6, 6.07) is 14.1. The van der Waals surface area contributed by atoms with Crippen LogP contribution in [0, 0.1) is 0 Å². The molecule has 150 valence electrons. The number of rotatable bonds is 7. The molecule has 2 heterocycles. The van der Waals surface area contributed by atoms with Crippen LogP contribution in [0.25, 0.3) is 0 Å². The molecule has 2 atom stereocenters. The molecule has 1 aromatic heterocycles. The Hall–Kier alpha value is -2.61. The van der Waals surface area contributed by atoms with E-state index in [9.17, 15) is 5.11 Å². The molecule has 4 rings (SSSR count). The number of aliphatic hydroxyl groups is 1. The predicted molar refractivity (Wildman–Crippen MR) is 109 cm³/mol. The van der Waals surface area contributed by atoms with E-state index in [0.29, 0.717) is 33.5 Å². The van der Waals surface area contributed by atoms with Gasteiger partial charge in [0.2, 0.25) is 0 Å². The summed E-state index contributed by atoms with van der Waals surface area (Å²) in [6.45, 7) is 0.427. The van der Waals surface area contributed by atoms with Crippen LogP contribution >= 0.6 is 23.2 Å². The number of aromatic nitrogens is 3. The molecule has 0 aliphatic carbocycles. The molecule has 0 fully saturated rings. The maximum Gasteiger partial charge on any atom is 0.166 e. The average Bonchev–Trinajstić information content (AvgIpc) is 3.40. The lowest BCUT2D eigenvalue weighted by Gasteiger charge is -2.28. The summed E-state index contributed by atoms with van der Waals surface area (Å²) < 4.78 is 7.30. The van der Waals surface area contributed by atoms with E-state index in [1.807, 2.05) is 0 Å². The molecule has 2 unspecified atom stereocenters. The highest BCUT2D eigenvalue weighted by Crippen LogP contribution is 2.32. The Morgan fingerprint density at radius 1 is 1.10 bits per heavy atom. The van der Waals surface area contributed by atoms with Crippen LogP contribution in [0.5, 0.6) is 5.75 Å². The Kier molecular flexibility index (Phi) is 5.71. The molecular formula is C20H18Cl2N4O3. The van der Waals surface area contributed by atoms with E-state index in [2.05, 4.69) is 15.2 Å². The van der Waals surface area contributed by atoms with Crippen molar-refractivity contribution in [3.8, 4) is 5.75 Å². The smallest absolute Gasteiger partial charge is 0.166 e. The van der Waals surface area contributed by atoms with E-state index in [1.165, 1.54) is 6.33 Å². The van der Waals surface area contributed by atoms with Gasteiger partial charge in [0.15, 0.2) is 11.7 Å². The molecule has 1 aliphatic heterocycles. The molecular weight excluding hydrogens is 415 g/mol. The SMILES string of the molecule is OC(Cn1cncn1)(C1=NOC(COc2ccc(Cl)cc2)C1)c1ccc(Cl)cc1. The van der Waals surface area contributed by atoms with Crippen molar-refractivity contribution in [3.05, 3.63) is 76.8 Å². The highest BCUT2D eigenvalue weighted by molar-refractivity contribution is 6.30. The van der Waals surface area contributed by atoms with Crippen LogP contribution in [0.2, 0.25) is 10.0 Å². The number of hydrogen-bond donors (Lipinski definition) is 1. The minimum Gasteiger partial charge on any atom is -0.490 e. The monoisotopic (exact) mass is 432 g/mol. The summed E-state index contributed by atoms with van der Waals surface area (Å²) in [7, 11) is 0. The molecule has 0 saturated carbocycles. The standard InChI is InChI=1S/C20H18Cl2N4O3/c21-15-3-1-14(2-4-15)20(27,11-26-13-23-12-24-26)19-9-18(29-25-19)10-28-17-7-5-16(22)6-8-17/h1-8,12-13,18,27H,9-11H2. The number of hydrogen-bond acceptors (Lipinski definition) is 6. The molecule has 0 spiro atoms. The van der Waals surface area contributed by atoms with Gasteiger partial charge in [-0.25, -0.2) is 9.67 Å². The van der Waals surface area contributed by atoms with Gasteiger partial charge in [0.05, 0.1) is 12.3 Å². The molecule has 0 radical (unpaired) electrons. The molecule has 2 aromatic carbocycles. The van der Waals surface area contributed by atoms with Gasteiger partial charge in [0.25, 0.3) is 0 Å². The second-order valence-electron chi connectivity index (χ2n) is 6.69. The van der Waals surface area contributed by atoms with Crippen molar-refractivity contribution < 1.29 is 14.7 Å². The fourth-order valence-corrected chi connectivity index (χ4v) is 3.36. The zero-order valence-corrected chi connectivity index (χ0v) is 16.8. The summed E-state index contributed by atoms with van der Waals surface area (Å²) in [5, 5.41) is 21.1. The van der Waals surface area contributed by atoms with Crippen molar-refractivity contribution >= 4 is 28.9 Å². The van der Waals surface area contributed by atoms with Crippen LogP contribution in [0.4, 0.5) is 0 Å². The number of benzene rings is 2. The maximum atomic E-state index is 11.6. The summed E-state index contributed by atoms with van der Waals surface area (Å²) in [5.41, 5.74) is -0.299. The van der Waals surface area contributed by atoms with E-state index < -0.39 is 5.60 Å². The Bertz CT molecular complexity index is 978. The predicted octanol–water partition coefficient (Wildman–Crippen LogP) is 3.70. The molecule has 29 heavy (non-hydrogen) atoms. The number of ether oxygens (including phenoxy) is 1. The van der Waals surface area contributed by atoms with Crippen molar-refractivity contribution in [2.24, 2.45) is 5.16 Å². The lowest BCUT2D eigenvalue weighted by molar-refractivity contribution is 0.0467. The lowest BCUT2D eigenvalue weighted by Crippen LogP contribution is -2.40. The van der Waals surface area contributed by atoms with Crippen molar-refractivity contribution in [1.29, 1.82) is 0 Å². The van der Waals surface area contributed by atoms with Gasteiger partial charge < -0.3 is 14.7 Å². The Morgan fingerprint density at radius 3 is 2.45 bits per heavy atom. The summed E-state index contributed by atoms with van der Waals surface area (Å²) in [4.78, 5) is 9.47. The summed E-state index contributed by atoms with van der Waals surface area (Å²) in [5.74, 6) is 0.682. The number of halogens is 2. The van der Waals surface area contributed by atoms with Gasteiger partial charge in [-0.15, -0.1) is 0 Å². The molecule has 0 amide bonds. The van der Waals surface area contributed by atoms with Crippen LogP contribution < -0.4 is 4.74 Å². The van der Waals surface area contributed by atoms with Crippen molar-refractivity contribution in [1.82, 2.24) is 14.8 Å². The Labute approximate surface area is 177 Å². The third-order valence-corrected chi connectivity index (χ3v) is 5.14. The molecule has 9 heteroatoms. The van der Waals surface area contributed by atoms with Gasteiger partial charge >= 0.3 is 0 Å². The van der Waals surface area contributed by atoms with E-state index in [-0.39, 0.29) is 19.3 Å². The zero-order valence-electron chi connectivity index (χ0n) is 15.3. The molecule has 1 aliphatic rings. The van der Waals surface area contributed by atoms with Crippen molar-refractivity contribution in [2.45, 2.75) is 24.7 Å². The van der Waals surface area contributed by atoms with Gasteiger partial charge in [0, 0.05) is 16.5 Å². The first-order valence-electron chi connectivity index (χ1n) is 8.95. The normalized spacial score (nSPS) is 18.0. The van der Waals surface area contributed by atoms with Crippen molar-refractivity contribution in [3.63, 3.8) is 0 Å². The summed E-state index contributed by atoms with van der Waals surface area (Å²) in [6.07, 6.45) is 3.04. The third kappa shape index (κ3) is 4.53. The summed E-state index contributed by atoms with van der Waals surface area (Å²) >= 11 is 11.9. The quantitative estimate of drug-likeness (QED) is 0.615. The second-order valence-corrected chi connectivity index (χ2v) is 7.57. The minimum atomic E-state index is -1.42. The number of nitrogens with zero attached hydrogens (tertiary/aromatic N) is 4. The second kappa shape index (κ2) is 8.41. The van der Waals surface area contributed by atoms with Crippen LogP contribution in [-0.2, 0) is 17.0 Å². The fraction of sp³-hybridized carbons (Fsp3) is 0.250. The van der Waals surface area contributed by atoms with Crippen LogP contribution in [0.15, 0.2) is 66.3 Å². The van der Waals surface area contributed by atoms with Crippen molar-refractivity contribution in [2.75, 3.05) is 6.61 Å². The molecule has 0 saturated heterocycles. The Balaban J connectivity index is 1.49. The van der Waals surface area contributed by atoms with E-state index in [1.54, 1.807) is 59.5 Å². The first kappa shape index (κ1) is 19.7. The number of oxime groups is 1. The minimum absolute atomic E-state index is 0.140. The van der Waals surface area contributed by atoms with Crippen LogP contribution in [0.3, 0.4) is 0 Å². The molecule has 7 nitrogen and oxygen atoms in total. The first-order chi connectivity index (χ1) is 14.0. The van der Waals surface area contributed by atoms with Crippen LogP contribution in [0.1, 0.15) is 12.0 Å². The highest BCUT2D eigenvalue weighted by Gasteiger charge is 2.41. The van der Waals surface area contributed by atoms with Crippen LogP contribution in [-0.4, -0.2) is 38.3 Å². The van der Waals surface area contributed by atoms with E-state index in [0.717, 1.165) is 0 Å². The molecule has 0 bridgehead atoms.